The van der Waals surface area contributed by atoms with E-state index in [2.05, 4.69) is 5.10 Å². The molecule has 0 spiro atoms. The van der Waals surface area contributed by atoms with Crippen LogP contribution in [0.25, 0.3) is 11.5 Å². The van der Waals surface area contributed by atoms with E-state index in [1.54, 1.807) is 22.9 Å². The zero-order valence-corrected chi connectivity index (χ0v) is 11.3. The second-order valence-electron chi connectivity index (χ2n) is 4.77. The van der Waals surface area contributed by atoms with Crippen LogP contribution in [0, 0.1) is 10.7 Å². The summed E-state index contributed by atoms with van der Waals surface area (Å²) in [6, 6.07) is 6.42. The van der Waals surface area contributed by atoms with Crippen molar-refractivity contribution in [1.29, 1.82) is 0 Å². The minimum atomic E-state index is -0.348. The number of quaternary nitrogens is 1. The predicted octanol–water partition coefficient (Wildman–Crippen LogP) is 1.65. The molecule has 2 aromatic rings. The molecule has 4 nitrogen and oxygen atoms in total. The molecule has 2 heterocycles. The van der Waals surface area contributed by atoms with Crippen LogP contribution in [-0.4, -0.2) is 22.9 Å². The van der Waals surface area contributed by atoms with Gasteiger partial charge in [-0.1, -0.05) is 12.1 Å². The van der Waals surface area contributed by atoms with E-state index < -0.39 is 0 Å². The molecule has 19 heavy (non-hydrogen) atoms. The Morgan fingerprint density at radius 1 is 1.32 bits per heavy atom. The molecule has 0 bridgehead atoms. The van der Waals surface area contributed by atoms with Crippen molar-refractivity contribution in [1.82, 2.24) is 9.78 Å². The highest BCUT2D eigenvalue weighted by atomic mass is 32.1. The highest BCUT2D eigenvalue weighted by Gasteiger charge is 2.18. The molecule has 3 rings (SSSR count). The molecule has 1 aliphatic rings. The topological polar surface area (TPSA) is 35.4 Å². The Morgan fingerprint density at radius 3 is 2.79 bits per heavy atom. The Labute approximate surface area is 115 Å². The first-order valence-corrected chi connectivity index (χ1v) is 6.81. The first-order chi connectivity index (χ1) is 9.24. The fourth-order valence-electron chi connectivity index (χ4n) is 2.39. The van der Waals surface area contributed by atoms with Gasteiger partial charge in [-0.25, -0.2) is 4.39 Å². The number of nitrogens with one attached hydrogen (secondary N) is 1. The summed E-state index contributed by atoms with van der Waals surface area (Å²) in [5.41, 5.74) is 0.351. The summed E-state index contributed by atoms with van der Waals surface area (Å²) in [5, 5.41) is 4.29. The summed E-state index contributed by atoms with van der Waals surface area (Å²) in [4.78, 5) is 1.74. The molecular formula is C13H15FN3OS+. The Bertz CT molecular complexity index is 631. The van der Waals surface area contributed by atoms with Crippen molar-refractivity contribution in [3.63, 3.8) is 0 Å². The maximum Gasteiger partial charge on any atom is 0.292 e. The van der Waals surface area contributed by atoms with Gasteiger partial charge in [0, 0.05) is 12.8 Å². The molecule has 0 amide bonds. The molecule has 1 aromatic carbocycles. The number of nitrogens with zero attached hydrogens (tertiary/aromatic N) is 2. The molecule has 0 unspecified atom stereocenters. The van der Waals surface area contributed by atoms with E-state index in [9.17, 15) is 4.39 Å². The minimum Gasteiger partial charge on any atom is -0.409 e. The van der Waals surface area contributed by atoms with Gasteiger partial charge in [-0.15, -0.1) is 5.10 Å². The van der Waals surface area contributed by atoms with Gasteiger partial charge in [-0.3, -0.25) is 0 Å². The van der Waals surface area contributed by atoms with E-state index in [1.807, 2.05) is 0 Å². The number of hydrogen-bond donors (Lipinski definition) is 1. The van der Waals surface area contributed by atoms with Gasteiger partial charge >= 0.3 is 0 Å². The van der Waals surface area contributed by atoms with E-state index in [0.29, 0.717) is 17.1 Å². The lowest BCUT2D eigenvalue weighted by atomic mass is 10.2. The Balaban J connectivity index is 1.89. The maximum absolute atomic E-state index is 13.7. The van der Waals surface area contributed by atoms with Crippen LogP contribution in [-0.2, 0) is 6.67 Å². The lowest BCUT2D eigenvalue weighted by Crippen LogP contribution is -3.09. The molecule has 0 saturated carbocycles. The van der Waals surface area contributed by atoms with Crippen molar-refractivity contribution in [3.8, 4) is 11.5 Å². The van der Waals surface area contributed by atoms with Crippen molar-refractivity contribution >= 4 is 12.2 Å². The third-order valence-corrected chi connectivity index (χ3v) is 3.69. The molecule has 1 fully saturated rings. The lowest BCUT2D eigenvalue weighted by molar-refractivity contribution is -0.911. The first-order valence-electron chi connectivity index (χ1n) is 6.40. The Hall–Kier alpha value is -1.53. The quantitative estimate of drug-likeness (QED) is 0.868. The van der Waals surface area contributed by atoms with Gasteiger partial charge in [0.25, 0.3) is 4.84 Å². The molecule has 100 valence electrons. The number of likely N-dealkylation sites (tertiary alicyclic amines) is 1. The van der Waals surface area contributed by atoms with Crippen molar-refractivity contribution in [2.24, 2.45) is 0 Å². The molecule has 6 heteroatoms. The summed E-state index contributed by atoms with van der Waals surface area (Å²) in [6.45, 7) is 2.95. The predicted molar refractivity (Wildman–Crippen MR) is 70.7 cm³/mol. The van der Waals surface area contributed by atoms with Crippen LogP contribution in [0.1, 0.15) is 12.8 Å². The third-order valence-electron chi connectivity index (χ3n) is 3.39. The van der Waals surface area contributed by atoms with Gasteiger partial charge in [0.1, 0.15) is 5.82 Å². The van der Waals surface area contributed by atoms with Gasteiger partial charge in [0.15, 0.2) is 6.67 Å². The summed E-state index contributed by atoms with van der Waals surface area (Å²) in [6.07, 6.45) is 2.47. The van der Waals surface area contributed by atoms with Crippen LogP contribution >= 0.6 is 12.2 Å². The fraction of sp³-hybridized carbons (Fsp3) is 0.385. The van der Waals surface area contributed by atoms with Crippen LogP contribution in [0.5, 0.6) is 0 Å². The van der Waals surface area contributed by atoms with E-state index >= 15 is 0 Å². The Morgan fingerprint density at radius 2 is 2.05 bits per heavy atom. The number of hydrogen-bond acceptors (Lipinski definition) is 3. The SMILES string of the molecule is Fc1ccccc1-c1nn(C[NH+]2CCCC2)c(=S)o1. The van der Waals surface area contributed by atoms with Gasteiger partial charge in [-0.2, -0.15) is 4.68 Å². The van der Waals surface area contributed by atoms with Crippen LogP contribution in [0.3, 0.4) is 0 Å². The number of halogens is 1. The minimum absolute atomic E-state index is 0.252. The smallest absolute Gasteiger partial charge is 0.292 e. The van der Waals surface area contributed by atoms with Gasteiger partial charge in [0.2, 0.25) is 5.89 Å². The second-order valence-corrected chi connectivity index (χ2v) is 5.12. The summed E-state index contributed by atoms with van der Waals surface area (Å²) >= 11 is 5.15. The van der Waals surface area contributed by atoms with Crippen LogP contribution in [0.15, 0.2) is 28.7 Å². The largest absolute Gasteiger partial charge is 0.409 e. The number of aromatic nitrogens is 2. The maximum atomic E-state index is 13.7. The molecule has 0 radical (unpaired) electrons. The van der Waals surface area contributed by atoms with E-state index in [1.165, 1.54) is 23.8 Å². The van der Waals surface area contributed by atoms with E-state index in [-0.39, 0.29) is 11.7 Å². The fourth-order valence-corrected chi connectivity index (χ4v) is 2.58. The summed E-state index contributed by atoms with van der Waals surface area (Å²) in [5.74, 6) is -0.0962. The highest BCUT2D eigenvalue weighted by Crippen LogP contribution is 2.20. The van der Waals surface area contributed by atoms with Crippen LogP contribution in [0.4, 0.5) is 4.39 Å². The van der Waals surface area contributed by atoms with Crippen molar-refractivity contribution in [2.75, 3.05) is 13.1 Å². The van der Waals surface area contributed by atoms with Gasteiger partial charge in [-0.05, 0) is 24.4 Å². The van der Waals surface area contributed by atoms with Crippen LogP contribution < -0.4 is 4.90 Å². The normalized spacial score (nSPS) is 16.1. The molecular weight excluding hydrogens is 265 g/mol. The molecule has 1 aromatic heterocycles. The van der Waals surface area contributed by atoms with Gasteiger partial charge < -0.3 is 9.32 Å². The second kappa shape index (κ2) is 5.22. The standard InChI is InChI=1S/C13H14FN3OS/c14-11-6-2-1-5-10(11)12-15-17(13(19)18-12)9-16-7-3-4-8-16/h1-2,5-6H,3-4,7-9H2/p+1. The van der Waals surface area contributed by atoms with Crippen molar-refractivity contribution in [3.05, 3.63) is 34.9 Å². The third kappa shape index (κ3) is 2.59. The average molecular weight is 280 g/mol. The zero-order valence-electron chi connectivity index (χ0n) is 10.4. The number of benzene rings is 1. The van der Waals surface area contributed by atoms with Crippen molar-refractivity contribution in [2.45, 2.75) is 19.5 Å². The Kier molecular flexibility index (Phi) is 3.44. The molecule has 0 atom stereocenters. The first kappa shape index (κ1) is 12.5. The van der Waals surface area contributed by atoms with Crippen molar-refractivity contribution < 1.29 is 13.7 Å². The molecule has 1 N–H and O–H groups in total. The van der Waals surface area contributed by atoms with Crippen LogP contribution in [0.2, 0.25) is 0 Å². The van der Waals surface area contributed by atoms with E-state index in [4.69, 9.17) is 16.6 Å². The monoisotopic (exact) mass is 280 g/mol. The van der Waals surface area contributed by atoms with Gasteiger partial charge in [0.05, 0.1) is 18.7 Å². The molecule has 1 saturated heterocycles. The number of rotatable bonds is 3. The molecule has 0 aliphatic carbocycles. The highest BCUT2D eigenvalue weighted by molar-refractivity contribution is 7.71. The zero-order chi connectivity index (χ0) is 13.2. The summed E-state index contributed by atoms with van der Waals surface area (Å²) in [7, 11) is 0. The van der Waals surface area contributed by atoms with E-state index in [0.717, 1.165) is 13.1 Å². The average Bonchev–Trinajstić information content (AvgIpc) is 3.02. The lowest BCUT2D eigenvalue weighted by Gasteiger charge is -2.10. The summed E-state index contributed by atoms with van der Waals surface area (Å²) < 4.78 is 20.7. The molecule has 1 aliphatic heterocycles.